The van der Waals surface area contributed by atoms with Crippen LogP contribution in [-0.4, -0.2) is 55.0 Å². The van der Waals surface area contributed by atoms with Crippen LogP contribution in [0.4, 0.5) is 0 Å². The molecule has 0 unspecified atom stereocenters. The molecule has 0 radical (unpaired) electrons. The Balaban J connectivity index is 1.63. The number of hydrogen-bond donors (Lipinski definition) is 0. The summed E-state index contributed by atoms with van der Waals surface area (Å²) in [6, 6.07) is 0.267. The van der Waals surface area contributed by atoms with E-state index in [4.69, 9.17) is 16.3 Å². The Kier molecular flexibility index (Phi) is 4.19. The third-order valence-corrected chi connectivity index (χ3v) is 3.55. The van der Waals surface area contributed by atoms with Gasteiger partial charge in [0, 0.05) is 13.6 Å². The monoisotopic (exact) mass is 322 g/mol. The molecule has 1 fully saturated rings. The van der Waals surface area contributed by atoms with E-state index in [-0.39, 0.29) is 18.0 Å². The van der Waals surface area contributed by atoms with Gasteiger partial charge in [-0.3, -0.25) is 9.48 Å². The van der Waals surface area contributed by atoms with Gasteiger partial charge in [-0.1, -0.05) is 16.8 Å². The summed E-state index contributed by atoms with van der Waals surface area (Å²) in [4.78, 5) is 22.1. The lowest BCUT2D eigenvalue weighted by atomic mass is 10.1. The molecule has 0 saturated carbocycles. The number of ether oxygens (including phenoxy) is 1. The zero-order valence-electron chi connectivity index (χ0n) is 12.0. The van der Waals surface area contributed by atoms with E-state index < -0.39 is 0 Å². The summed E-state index contributed by atoms with van der Waals surface area (Å²) in [6.07, 6.45) is 6.12. The lowest BCUT2D eigenvalue weighted by Gasteiger charge is -2.31. The minimum atomic E-state index is -0.143. The molecule has 1 amide bonds. The first-order chi connectivity index (χ1) is 10.6. The van der Waals surface area contributed by atoms with Crippen molar-refractivity contribution in [3.8, 4) is 6.01 Å². The lowest BCUT2D eigenvalue weighted by Crippen LogP contribution is -2.44. The fourth-order valence-electron chi connectivity index (χ4n) is 2.34. The van der Waals surface area contributed by atoms with Crippen LogP contribution in [0.25, 0.3) is 0 Å². The standard InChI is InChI=1S/C13H15ClN6O2/c1-19-8-11(17-18-19)12(21)20-4-2-3-10(7-20)22-13-15-5-9(14)6-16-13/h5-6,8,10H,2-4,7H2,1H3/t10-/m0/s1. The number of rotatable bonds is 3. The van der Waals surface area contributed by atoms with Crippen LogP contribution in [-0.2, 0) is 7.05 Å². The SMILES string of the molecule is Cn1cc(C(=O)N2CCC[C@H](Oc3ncc(Cl)cn3)C2)nn1. The fraction of sp³-hybridized carbons (Fsp3) is 0.462. The van der Waals surface area contributed by atoms with E-state index in [0.717, 1.165) is 12.8 Å². The minimum absolute atomic E-state index is 0.140. The van der Waals surface area contributed by atoms with Crippen LogP contribution in [0.2, 0.25) is 5.02 Å². The predicted molar refractivity (Wildman–Crippen MR) is 77.6 cm³/mol. The van der Waals surface area contributed by atoms with E-state index >= 15 is 0 Å². The highest BCUT2D eigenvalue weighted by molar-refractivity contribution is 6.30. The first kappa shape index (κ1) is 14.7. The number of carbonyl (C=O) groups excluding carboxylic acids is 1. The number of carbonyl (C=O) groups is 1. The van der Waals surface area contributed by atoms with Crippen molar-refractivity contribution >= 4 is 17.5 Å². The maximum absolute atomic E-state index is 12.4. The Morgan fingerprint density at radius 3 is 2.86 bits per heavy atom. The van der Waals surface area contributed by atoms with E-state index in [9.17, 15) is 4.79 Å². The van der Waals surface area contributed by atoms with Gasteiger partial charge in [0.15, 0.2) is 5.69 Å². The van der Waals surface area contributed by atoms with Gasteiger partial charge in [0.1, 0.15) is 6.10 Å². The topological polar surface area (TPSA) is 86.0 Å². The second kappa shape index (κ2) is 6.27. The number of likely N-dealkylation sites (tertiary alicyclic amines) is 1. The van der Waals surface area contributed by atoms with Crippen LogP contribution in [0.1, 0.15) is 23.3 Å². The van der Waals surface area contributed by atoms with Crippen molar-refractivity contribution in [2.75, 3.05) is 13.1 Å². The largest absolute Gasteiger partial charge is 0.458 e. The maximum Gasteiger partial charge on any atom is 0.316 e. The average Bonchev–Trinajstić information content (AvgIpc) is 2.96. The highest BCUT2D eigenvalue weighted by Gasteiger charge is 2.27. The highest BCUT2D eigenvalue weighted by Crippen LogP contribution is 2.17. The summed E-state index contributed by atoms with van der Waals surface area (Å²) in [5.41, 5.74) is 0.339. The first-order valence-corrected chi connectivity index (χ1v) is 7.29. The number of amides is 1. The molecule has 3 rings (SSSR count). The van der Waals surface area contributed by atoms with Gasteiger partial charge < -0.3 is 9.64 Å². The maximum atomic E-state index is 12.4. The van der Waals surface area contributed by atoms with E-state index in [1.807, 2.05) is 0 Å². The number of halogens is 1. The summed E-state index contributed by atoms with van der Waals surface area (Å²) in [5, 5.41) is 8.09. The molecule has 22 heavy (non-hydrogen) atoms. The molecule has 3 heterocycles. The van der Waals surface area contributed by atoms with Crippen LogP contribution in [0.15, 0.2) is 18.6 Å². The zero-order chi connectivity index (χ0) is 15.5. The van der Waals surface area contributed by atoms with Gasteiger partial charge in [-0.05, 0) is 12.8 Å². The van der Waals surface area contributed by atoms with Crippen LogP contribution >= 0.6 is 11.6 Å². The Morgan fingerprint density at radius 2 is 2.18 bits per heavy atom. The van der Waals surface area contributed by atoms with Crippen molar-refractivity contribution < 1.29 is 9.53 Å². The number of nitrogens with zero attached hydrogens (tertiary/aromatic N) is 6. The van der Waals surface area contributed by atoms with Crippen LogP contribution in [0.3, 0.4) is 0 Å². The van der Waals surface area contributed by atoms with E-state index in [0.29, 0.717) is 23.8 Å². The second-order valence-electron chi connectivity index (χ2n) is 5.09. The van der Waals surface area contributed by atoms with Crippen molar-refractivity contribution in [1.29, 1.82) is 0 Å². The van der Waals surface area contributed by atoms with Gasteiger partial charge in [-0.15, -0.1) is 5.10 Å². The van der Waals surface area contributed by atoms with Gasteiger partial charge in [0.2, 0.25) is 0 Å². The third kappa shape index (κ3) is 3.33. The molecule has 2 aromatic heterocycles. The van der Waals surface area contributed by atoms with Crippen molar-refractivity contribution in [2.24, 2.45) is 7.05 Å². The third-order valence-electron chi connectivity index (χ3n) is 3.36. The molecule has 1 saturated heterocycles. The Hall–Kier alpha value is -2.22. The molecule has 0 aromatic carbocycles. The molecular formula is C13H15ClN6O2. The van der Waals surface area contributed by atoms with Gasteiger partial charge in [0.25, 0.3) is 5.91 Å². The van der Waals surface area contributed by atoms with Gasteiger partial charge in [0.05, 0.1) is 30.2 Å². The van der Waals surface area contributed by atoms with Gasteiger partial charge in [-0.2, -0.15) is 0 Å². The smallest absolute Gasteiger partial charge is 0.316 e. The zero-order valence-corrected chi connectivity index (χ0v) is 12.8. The van der Waals surface area contributed by atoms with E-state index in [1.165, 1.54) is 17.1 Å². The minimum Gasteiger partial charge on any atom is -0.458 e. The summed E-state index contributed by atoms with van der Waals surface area (Å²) in [5.74, 6) is -0.140. The Morgan fingerprint density at radius 1 is 1.41 bits per heavy atom. The quantitative estimate of drug-likeness (QED) is 0.836. The first-order valence-electron chi connectivity index (χ1n) is 6.91. The van der Waals surface area contributed by atoms with Crippen molar-refractivity contribution in [3.05, 3.63) is 29.3 Å². The molecule has 1 atom stereocenters. The predicted octanol–water partition coefficient (Wildman–Crippen LogP) is 0.942. The molecule has 1 aliphatic heterocycles. The second-order valence-corrected chi connectivity index (χ2v) is 5.53. The van der Waals surface area contributed by atoms with Crippen molar-refractivity contribution in [2.45, 2.75) is 18.9 Å². The molecule has 8 nitrogen and oxygen atoms in total. The molecule has 2 aromatic rings. The molecule has 1 aliphatic rings. The lowest BCUT2D eigenvalue weighted by molar-refractivity contribution is 0.0510. The molecular weight excluding hydrogens is 308 g/mol. The molecule has 0 aliphatic carbocycles. The van der Waals surface area contributed by atoms with Crippen LogP contribution in [0.5, 0.6) is 6.01 Å². The molecule has 9 heteroatoms. The number of piperidine rings is 1. The van der Waals surface area contributed by atoms with E-state index in [2.05, 4.69) is 20.3 Å². The van der Waals surface area contributed by atoms with Gasteiger partial charge in [-0.25, -0.2) is 9.97 Å². The summed E-state index contributed by atoms with van der Waals surface area (Å²) >= 11 is 5.74. The van der Waals surface area contributed by atoms with E-state index in [1.54, 1.807) is 18.1 Å². The summed E-state index contributed by atoms with van der Waals surface area (Å²) in [7, 11) is 1.73. The summed E-state index contributed by atoms with van der Waals surface area (Å²) in [6.45, 7) is 1.15. The Labute approximate surface area is 132 Å². The average molecular weight is 323 g/mol. The van der Waals surface area contributed by atoms with Crippen molar-refractivity contribution in [1.82, 2.24) is 29.9 Å². The molecule has 0 N–H and O–H groups in total. The fourth-order valence-corrected chi connectivity index (χ4v) is 2.43. The van der Waals surface area contributed by atoms with Crippen molar-refractivity contribution in [3.63, 3.8) is 0 Å². The van der Waals surface area contributed by atoms with Gasteiger partial charge >= 0.3 is 6.01 Å². The number of aryl methyl sites for hydroxylation is 1. The molecule has 116 valence electrons. The van der Waals surface area contributed by atoms with Crippen LogP contribution < -0.4 is 4.74 Å². The molecule has 0 bridgehead atoms. The van der Waals surface area contributed by atoms with Crippen LogP contribution in [0, 0.1) is 0 Å². The highest BCUT2D eigenvalue weighted by atomic mass is 35.5. The molecule has 0 spiro atoms. The normalized spacial score (nSPS) is 18.3. The summed E-state index contributed by atoms with van der Waals surface area (Å²) < 4.78 is 7.22. The number of aromatic nitrogens is 5. The number of hydrogen-bond acceptors (Lipinski definition) is 6. The Bertz CT molecular complexity index is 659.